The molecule has 0 spiro atoms. The molecule has 1 heterocycles. The second kappa shape index (κ2) is 9.91. The van der Waals surface area contributed by atoms with Crippen LogP contribution in [0.4, 0.5) is 5.95 Å². The second-order valence-electron chi connectivity index (χ2n) is 4.95. The van der Waals surface area contributed by atoms with Crippen LogP contribution < -0.4 is 19.5 Å². The first-order chi connectivity index (χ1) is 12.6. The van der Waals surface area contributed by atoms with Crippen LogP contribution in [0.25, 0.3) is 0 Å². The van der Waals surface area contributed by atoms with Gasteiger partial charge in [0.25, 0.3) is 5.91 Å². The van der Waals surface area contributed by atoms with Crippen molar-refractivity contribution >= 4 is 23.6 Å². The van der Waals surface area contributed by atoms with E-state index in [2.05, 4.69) is 20.5 Å². The summed E-state index contributed by atoms with van der Waals surface area (Å²) in [5, 5.41) is 10.0. The van der Waals surface area contributed by atoms with Crippen LogP contribution in [-0.2, 0) is 0 Å². The highest BCUT2D eigenvalue weighted by Gasteiger charge is 2.19. The molecule has 0 saturated carbocycles. The molecule has 0 bridgehead atoms. The molecule has 26 heavy (non-hydrogen) atoms. The third kappa shape index (κ3) is 5.04. The van der Waals surface area contributed by atoms with E-state index in [9.17, 15) is 4.79 Å². The minimum absolute atomic E-state index is 0.288. The van der Waals surface area contributed by atoms with Gasteiger partial charge in [0.05, 0.1) is 19.8 Å². The van der Waals surface area contributed by atoms with E-state index in [-0.39, 0.29) is 11.9 Å². The first-order valence-corrected chi connectivity index (χ1v) is 9.54. The normalized spacial score (nSPS) is 10.5. The number of rotatable bonds is 10. The van der Waals surface area contributed by atoms with Crippen molar-refractivity contribution in [1.82, 2.24) is 15.2 Å². The average molecular weight is 380 g/mol. The van der Waals surface area contributed by atoms with Crippen molar-refractivity contribution in [2.75, 3.05) is 30.9 Å². The number of carbonyl (C=O) groups is 1. The van der Waals surface area contributed by atoms with Crippen LogP contribution in [0.3, 0.4) is 0 Å². The van der Waals surface area contributed by atoms with Gasteiger partial charge in [0.15, 0.2) is 11.5 Å². The predicted octanol–water partition coefficient (Wildman–Crippen LogP) is 3.37. The number of anilines is 1. The molecule has 2 aromatic rings. The van der Waals surface area contributed by atoms with Gasteiger partial charge in [-0.05, 0) is 38.7 Å². The number of aromatic amines is 1. The number of hydrogen-bond acceptors (Lipinski definition) is 7. The maximum absolute atomic E-state index is 12.6. The average Bonchev–Trinajstić information content (AvgIpc) is 3.05. The Bertz CT molecular complexity index is 708. The zero-order valence-electron chi connectivity index (χ0n) is 15.4. The number of carbonyl (C=O) groups excluding carboxylic acids is 1. The minimum Gasteiger partial charge on any atom is -0.490 e. The molecule has 2 N–H and O–H groups in total. The Balaban J connectivity index is 2.29. The topological polar surface area (TPSA) is 98.4 Å². The van der Waals surface area contributed by atoms with Gasteiger partial charge in [-0.2, -0.15) is 4.98 Å². The van der Waals surface area contributed by atoms with E-state index in [0.29, 0.717) is 47.8 Å². The van der Waals surface area contributed by atoms with Gasteiger partial charge in [-0.15, -0.1) is 5.10 Å². The van der Waals surface area contributed by atoms with E-state index < -0.39 is 0 Å². The maximum Gasteiger partial charge on any atom is 0.258 e. The highest BCUT2D eigenvalue weighted by atomic mass is 32.2. The molecule has 0 radical (unpaired) electrons. The van der Waals surface area contributed by atoms with Crippen molar-refractivity contribution in [1.29, 1.82) is 0 Å². The number of benzene rings is 1. The predicted molar refractivity (Wildman–Crippen MR) is 101 cm³/mol. The Morgan fingerprint density at radius 3 is 2.23 bits per heavy atom. The molecule has 1 aromatic carbocycles. The number of ether oxygens (including phenoxy) is 3. The van der Waals surface area contributed by atoms with Crippen molar-refractivity contribution < 1.29 is 19.0 Å². The summed E-state index contributed by atoms with van der Waals surface area (Å²) in [6.07, 6.45) is 0. The molecule has 142 valence electrons. The number of amides is 1. The standard InChI is InChI=1S/C17H24N4O4S/c1-5-23-12-9-11(10-13(24-6-2)14(12)25-7-3)15(22)18-16-19-17(21-20-16)26-8-4/h9-10H,5-8H2,1-4H3,(H2,18,19,20,21,22). The van der Waals surface area contributed by atoms with E-state index >= 15 is 0 Å². The Hall–Kier alpha value is -2.42. The molecular weight excluding hydrogens is 356 g/mol. The van der Waals surface area contributed by atoms with Crippen LogP contribution in [0.1, 0.15) is 38.1 Å². The third-order valence-corrected chi connectivity index (χ3v) is 3.87. The maximum atomic E-state index is 12.6. The zero-order chi connectivity index (χ0) is 18.9. The summed E-state index contributed by atoms with van der Waals surface area (Å²) >= 11 is 1.48. The van der Waals surface area contributed by atoms with Crippen LogP contribution >= 0.6 is 11.8 Å². The summed E-state index contributed by atoms with van der Waals surface area (Å²) in [6.45, 7) is 8.95. The lowest BCUT2D eigenvalue weighted by atomic mass is 10.1. The fraction of sp³-hybridized carbons (Fsp3) is 0.471. The van der Waals surface area contributed by atoms with E-state index in [1.54, 1.807) is 12.1 Å². The molecule has 1 aromatic heterocycles. The Kier molecular flexibility index (Phi) is 7.58. The summed E-state index contributed by atoms with van der Waals surface area (Å²) in [7, 11) is 0. The number of aromatic nitrogens is 3. The third-order valence-electron chi connectivity index (χ3n) is 3.14. The zero-order valence-corrected chi connectivity index (χ0v) is 16.2. The summed E-state index contributed by atoms with van der Waals surface area (Å²) in [6, 6.07) is 3.26. The van der Waals surface area contributed by atoms with Crippen LogP contribution in [0.15, 0.2) is 17.3 Å². The first kappa shape index (κ1) is 19.9. The Morgan fingerprint density at radius 2 is 1.69 bits per heavy atom. The molecule has 1 amide bonds. The molecule has 0 aliphatic heterocycles. The summed E-state index contributed by atoms with van der Waals surface area (Å²) in [5.74, 6) is 2.21. The monoisotopic (exact) mass is 380 g/mol. The molecule has 0 unspecified atom stereocenters. The van der Waals surface area contributed by atoms with Gasteiger partial charge in [-0.25, -0.2) is 5.10 Å². The van der Waals surface area contributed by atoms with Gasteiger partial charge in [0.2, 0.25) is 16.9 Å². The van der Waals surface area contributed by atoms with Gasteiger partial charge in [-0.3, -0.25) is 10.1 Å². The van der Waals surface area contributed by atoms with Crippen molar-refractivity contribution in [3.63, 3.8) is 0 Å². The molecule has 8 nitrogen and oxygen atoms in total. The first-order valence-electron chi connectivity index (χ1n) is 8.55. The van der Waals surface area contributed by atoms with Gasteiger partial charge in [-0.1, -0.05) is 18.7 Å². The Morgan fingerprint density at radius 1 is 1.08 bits per heavy atom. The SMILES string of the molecule is CCOc1cc(C(=O)Nc2nc(SCC)n[nH]2)cc(OCC)c1OCC. The Labute approximate surface area is 157 Å². The number of hydrogen-bond donors (Lipinski definition) is 2. The molecular formula is C17H24N4O4S. The van der Waals surface area contributed by atoms with Crippen LogP contribution in [0.2, 0.25) is 0 Å². The lowest BCUT2D eigenvalue weighted by Crippen LogP contribution is -2.14. The van der Waals surface area contributed by atoms with Crippen LogP contribution in [0, 0.1) is 0 Å². The molecule has 0 aliphatic carbocycles. The highest BCUT2D eigenvalue weighted by molar-refractivity contribution is 7.99. The second-order valence-corrected chi connectivity index (χ2v) is 6.19. The summed E-state index contributed by atoms with van der Waals surface area (Å²) in [4.78, 5) is 16.8. The summed E-state index contributed by atoms with van der Waals surface area (Å²) < 4.78 is 16.9. The molecule has 9 heteroatoms. The fourth-order valence-corrected chi connectivity index (χ4v) is 2.72. The fourth-order valence-electron chi connectivity index (χ4n) is 2.20. The van der Waals surface area contributed by atoms with Crippen molar-refractivity contribution in [2.24, 2.45) is 0 Å². The van der Waals surface area contributed by atoms with E-state index in [1.807, 2.05) is 27.7 Å². The summed E-state index contributed by atoms with van der Waals surface area (Å²) in [5.41, 5.74) is 0.376. The minimum atomic E-state index is -0.348. The van der Waals surface area contributed by atoms with Crippen molar-refractivity contribution in [3.05, 3.63) is 17.7 Å². The largest absolute Gasteiger partial charge is 0.490 e. The van der Waals surface area contributed by atoms with Crippen molar-refractivity contribution in [2.45, 2.75) is 32.9 Å². The molecule has 0 fully saturated rings. The molecule has 0 atom stereocenters. The van der Waals surface area contributed by atoms with Crippen molar-refractivity contribution in [3.8, 4) is 17.2 Å². The number of thioether (sulfide) groups is 1. The van der Waals surface area contributed by atoms with E-state index in [1.165, 1.54) is 11.8 Å². The molecule has 0 aliphatic rings. The lowest BCUT2D eigenvalue weighted by molar-refractivity contribution is 0.102. The molecule has 0 saturated heterocycles. The number of nitrogens with one attached hydrogen (secondary N) is 2. The van der Waals surface area contributed by atoms with E-state index in [4.69, 9.17) is 14.2 Å². The number of H-pyrrole nitrogens is 1. The van der Waals surface area contributed by atoms with Gasteiger partial charge >= 0.3 is 0 Å². The van der Waals surface area contributed by atoms with Crippen LogP contribution in [-0.4, -0.2) is 46.7 Å². The highest BCUT2D eigenvalue weighted by Crippen LogP contribution is 2.39. The van der Waals surface area contributed by atoms with E-state index in [0.717, 1.165) is 5.75 Å². The lowest BCUT2D eigenvalue weighted by Gasteiger charge is -2.16. The van der Waals surface area contributed by atoms with Gasteiger partial charge < -0.3 is 14.2 Å². The van der Waals surface area contributed by atoms with Crippen LogP contribution in [0.5, 0.6) is 17.2 Å². The van der Waals surface area contributed by atoms with Gasteiger partial charge in [0, 0.05) is 5.56 Å². The quantitative estimate of drug-likeness (QED) is 0.610. The smallest absolute Gasteiger partial charge is 0.258 e. The number of nitrogens with zero attached hydrogens (tertiary/aromatic N) is 2. The van der Waals surface area contributed by atoms with Gasteiger partial charge in [0.1, 0.15) is 0 Å². The molecule has 2 rings (SSSR count).